The van der Waals surface area contributed by atoms with Gasteiger partial charge in [0.2, 0.25) is 5.91 Å². The number of carbonyl (C=O) groups excluding carboxylic acids is 2. The maximum atomic E-state index is 12.5. The number of hydrogen-bond donors (Lipinski definition) is 1. The molecule has 3 rings (SSSR count). The molecule has 2 aromatic carbocycles. The van der Waals surface area contributed by atoms with Crippen LogP contribution in [0.15, 0.2) is 48.7 Å². The first kappa shape index (κ1) is 17.9. The van der Waals surface area contributed by atoms with Gasteiger partial charge in [-0.25, -0.2) is 0 Å². The first-order valence-electron chi connectivity index (χ1n) is 8.86. The molecule has 0 spiro atoms. The van der Waals surface area contributed by atoms with Gasteiger partial charge in [0.1, 0.15) is 6.54 Å². The van der Waals surface area contributed by atoms with Gasteiger partial charge in [0.25, 0.3) is 0 Å². The van der Waals surface area contributed by atoms with Crippen LogP contribution in [0, 0.1) is 19.8 Å². The summed E-state index contributed by atoms with van der Waals surface area (Å²) >= 11 is 0. The maximum Gasteiger partial charge on any atom is 0.244 e. The molecular formula is C22H24N2O2. The molecular weight excluding hydrogens is 324 g/mol. The molecule has 134 valence electrons. The van der Waals surface area contributed by atoms with E-state index in [4.69, 9.17) is 0 Å². The second-order valence-electron chi connectivity index (χ2n) is 7.05. The van der Waals surface area contributed by atoms with Crippen LogP contribution in [0.4, 0.5) is 5.69 Å². The predicted molar refractivity (Wildman–Crippen MR) is 106 cm³/mol. The summed E-state index contributed by atoms with van der Waals surface area (Å²) in [4.78, 5) is 25.0. The number of para-hydroxylation sites is 1. The quantitative estimate of drug-likeness (QED) is 0.677. The molecule has 0 unspecified atom stereocenters. The predicted octanol–water partition coefficient (Wildman–Crippen LogP) is 4.74. The van der Waals surface area contributed by atoms with E-state index in [-0.39, 0.29) is 24.2 Å². The third-order valence-electron chi connectivity index (χ3n) is 4.68. The monoisotopic (exact) mass is 348 g/mol. The lowest BCUT2D eigenvalue weighted by Gasteiger charge is -2.09. The number of hydrogen-bond acceptors (Lipinski definition) is 2. The average Bonchev–Trinajstić information content (AvgIpc) is 2.96. The van der Waals surface area contributed by atoms with Crippen molar-refractivity contribution < 1.29 is 9.59 Å². The van der Waals surface area contributed by atoms with Gasteiger partial charge in [-0.2, -0.15) is 0 Å². The van der Waals surface area contributed by atoms with Gasteiger partial charge in [0.15, 0.2) is 5.78 Å². The van der Waals surface area contributed by atoms with Crippen molar-refractivity contribution in [1.29, 1.82) is 0 Å². The summed E-state index contributed by atoms with van der Waals surface area (Å²) in [5.41, 5.74) is 4.68. The minimum atomic E-state index is -0.113. The molecule has 0 bridgehead atoms. The molecule has 0 aliphatic carbocycles. The van der Waals surface area contributed by atoms with E-state index >= 15 is 0 Å². The molecule has 4 nitrogen and oxygen atoms in total. The highest BCUT2D eigenvalue weighted by molar-refractivity contribution is 6.09. The number of nitrogens with one attached hydrogen (secondary N) is 1. The zero-order chi connectivity index (χ0) is 18.8. The van der Waals surface area contributed by atoms with Crippen molar-refractivity contribution in [2.24, 2.45) is 5.92 Å². The molecule has 1 amide bonds. The number of ketones is 1. The molecule has 1 N–H and O–H groups in total. The Morgan fingerprint density at radius 2 is 1.77 bits per heavy atom. The van der Waals surface area contributed by atoms with E-state index in [9.17, 15) is 9.59 Å². The number of fused-ring (bicyclic) bond motifs is 1. The molecule has 0 aliphatic rings. The molecule has 0 aliphatic heterocycles. The average molecular weight is 348 g/mol. The van der Waals surface area contributed by atoms with Crippen molar-refractivity contribution >= 4 is 28.3 Å². The molecule has 0 saturated heterocycles. The molecule has 0 atom stereocenters. The van der Waals surface area contributed by atoms with Crippen LogP contribution in [-0.2, 0) is 11.3 Å². The summed E-state index contributed by atoms with van der Waals surface area (Å²) in [5.74, 6) is -0.106. The number of Topliss-reactive ketones (excluding diaryl/α,β-unsaturated/α-hetero) is 1. The number of anilines is 1. The fourth-order valence-electron chi connectivity index (χ4n) is 3.06. The molecule has 0 fully saturated rings. The van der Waals surface area contributed by atoms with Crippen molar-refractivity contribution in [3.8, 4) is 0 Å². The van der Waals surface area contributed by atoms with Crippen molar-refractivity contribution in [3.63, 3.8) is 0 Å². The minimum Gasteiger partial charge on any atom is -0.337 e. The van der Waals surface area contributed by atoms with Crippen molar-refractivity contribution in [2.45, 2.75) is 34.2 Å². The Hall–Kier alpha value is -2.88. The highest BCUT2D eigenvalue weighted by Gasteiger charge is 2.18. The lowest BCUT2D eigenvalue weighted by atomic mass is 10.0. The van der Waals surface area contributed by atoms with Gasteiger partial charge in [-0.3, -0.25) is 9.59 Å². The second kappa shape index (κ2) is 7.16. The van der Waals surface area contributed by atoms with Gasteiger partial charge in [0, 0.05) is 34.3 Å². The van der Waals surface area contributed by atoms with Crippen LogP contribution in [0.5, 0.6) is 0 Å². The third-order valence-corrected chi connectivity index (χ3v) is 4.68. The highest BCUT2D eigenvalue weighted by Crippen LogP contribution is 2.24. The van der Waals surface area contributed by atoms with Gasteiger partial charge in [-0.05, 0) is 43.2 Å². The van der Waals surface area contributed by atoms with Gasteiger partial charge < -0.3 is 9.88 Å². The fraction of sp³-hybridized carbons (Fsp3) is 0.273. The van der Waals surface area contributed by atoms with E-state index in [1.807, 2.05) is 74.7 Å². The fourth-order valence-corrected chi connectivity index (χ4v) is 3.06. The summed E-state index contributed by atoms with van der Waals surface area (Å²) < 4.78 is 1.85. The van der Waals surface area contributed by atoms with Gasteiger partial charge in [0.05, 0.1) is 0 Å². The lowest BCUT2D eigenvalue weighted by Crippen LogP contribution is -2.18. The van der Waals surface area contributed by atoms with Crippen LogP contribution in [-0.4, -0.2) is 16.3 Å². The molecule has 0 saturated carbocycles. The molecule has 1 aromatic heterocycles. The minimum absolute atomic E-state index is 0.0846. The van der Waals surface area contributed by atoms with Gasteiger partial charge in [-0.1, -0.05) is 38.1 Å². The molecule has 3 aromatic rings. The Kier molecular flexibility index (Phi) is 4.94. The topological polar surface area (TPSA) is 51.1 Å². The van der Waals surface area contributed by atoms with E-state index < -0.39 is 0 Å². The summed E-state index contributed by atoms with van der Waals surface area (Å²) in [5, 5.41) is 3.83. The first-order valence-corrected chi connectivity index (χ1v) is 8.86. The Bertz CT molecular complexity index is 983. The van der Waals surface area contributed by atoms with E-state index in [1.165, 1.54) is 5.56 Å². The second-order valence-corrected chi connectivity index (χ2v) is 7.05. The number of aromatic nitrogens is 1. The van der Waals surface area contributed by atoms with E-state index in [2.05, 4.69) is 5.32 Å². The van der Waals surface area contributed by atoms with Crippen molar-refractivity contribution in [1.82, 2.24) is 4.57 Å². The highest BCUT2D eigenvalue weighted by atomic mass is 16.2. The van der Waals surface area contributed by atoms with Crippen LogP contribution in [0.1, 0.15) is 35.3 Å². The SMILES string of the molecule is Cc1ccc(NC(=O)Cn2cc(C(=O)C(C)C)c3ccccc32)cc1C. The third kappa shape index (κ3) is 3.54. The Morgan fingerprint density at radius 3 is 2.46 bits per heavy atom. The summed E-state index contributed by atoms with van der Waals surface area (Å²) in [6, 6.07) is 13.6. The van der Waals surface area contributed by atoms with Crippen molar-refractivity contribution in [2.75, 3.05) is 5.32 Å². The summed E-state index contributed by atoms with van der Waals surface area (Å²) in [6.45, 7) is 8.01. The number of rotatable bonds is 5. The number of amides is 1. The maximum absolute atomic E-state index is 12.5. The van der Waals surface area contributed by atoms with Gasteiger partial charge in [-0.15, -0.1) is 0 Å². The van der Waals surface area contributed by atoms with Crippen LogP contribution in [0.3, 0.4) is 0 Å². The Morgan fingerprint density at radius 1 is 1.04 bits per heavy atom. The van der Waals surface area contributed by atoms with Crippen LogP contribution in [0.25, 0.3) is 10.9 Å². The van der Waals surface area contributed by atoms with E-state index in [0.717, 1.165) is 22.2 Å². The zero-order valence-electron chi connectivity index (χ0n) is 15.7. The standard InChI is InChI=1S/C22H24N2O2/c1-14(2)22(26)19-12-24(20-8-6-5-7-18(19)20)13-21(25)23-17-10-9-15(3)16(4)11-17/h5-12,14H,13H2,1-4H3,(H,23,25). The smallest absolute Gasteiger partial charge is 0.244 e. The van der Waals surface area contributed by atoms with Crippen LogP contribution < -0.4 is 5.32 Å². The van der Waals surface area contributed by atoms with E-state index in [1.54, 1.807) is 6.20 Å². The van der Waals surface area contributed by atoms with Crippen LogP contribution in [0.2, 0.25) is 0 Å². The largest absolute Gasteiger partial charge is 0.337 e. The summed E-state index contributed by atoms with van der Waals surface area (Å²) in [7, 11) is 0. The molecule has 26 heavy (non-hydrogen) atoms. The van der Waals surface area contributed by atoms with Crippen molar-refractivity contribution in [3.05, 3.63) is 65.4 Å². The molecule has 0 radical (unpaired) electrons. The number of carbonyl (C=O) groups is 2. The Balaban J connectivity index is 1.87. The Labute approximate surface area is 153 Å². The summed E-state index contributed by atoms with van der Waals surface area (Å²) in [6.07, 6.45) is 1.80. The molecule has 4 heteroatoms. The first-order chi connectivity index (χ1) is 12.4. The lowest BCUT2D eigenvalue weighted by molar-refractivity contribution is -0.116. The normalized spacial score (nSPS) is 11.1. The number of nitrogens with zero attached hydrogens (tertiary/aromatic N) is 1. The number of aryl methyl sites for hydroxylation is 2. The number of benzene rings is 2. The zero-order valence-corrected chi connectivity index (χ0v) is 15.7. The molecule has 1 heterocycles. The van der Waals surface area contributed by atoms with Gasteiger partial charge >= 0.3 is 0 Å². The van der Waals surface area contributed by atoms with E-state index in [0.29, 0.717) is 5.56 Å². The van der Waals surface area contributed by atoms with Crippen LogP contribution >= 0.6 is 0 Å².